The Kier molecular flexibility index (Phi) is 6.64. The van der Waals surface area contributed by atoms with Crippen molar-refractivity contribution < 1.29 is 4.79 Å². The molecule has 0 rings (SSSR count). The number of nitrogens with two attached hydrogens (primary N) is 1. The van der Waals surface area contributed by atoms with E-state index < -0.39 is 0 Å². The summed E-state index contributed by atoms with van der Waals surface area (Å²) in [6.45, 7) is 5.14. The van der Waals surface area contributed by atoms with Crippen LogP contribution in [-0.4, -0.2) is 44.0 Å². The van der Waals surface area contributed by atoms with Gasteiger partial charge >= 0.3 is 0 Å². The van der Waals surface area contributed by atoms with Crippen LogP contribution >= 0.6 is 0 Å². The van der Waals surface area contributed by atoms with Crippen molar-refractivity contribution in [3.8, 4) is 0 Å². The second-order valence-corrected chi connectivity index (χ2v) is 2.64. The van der Waals surface area contributed by atoms with Gasteiger partial charge in [-0.2, -0.15) is 0 Å². The molecule has 0 aliphatic rings. The van der Waals surface area contributed by atoms with E-state index in [1.54, 1.807) is 0 Å². The molecule has 0 bridgehead atoms. The maximum absolute atomic E-state index is 10.6. The molecule has 0 aliphatic heterocycles. The van der Waals surface area contributed by atoms with Gasteiger partial charge in [-0.15, -0.1) is 0 Å². The van der Waals surface area contributed by atoms with Crippen LogP contribution in [0, 0.1) is 0 Å². The van der Waals surface area contributed by atoms with Gasteiger partial charge in [0, 0.05) is 13.1 Å². The lowest BCUT2D eigenvalue weighted by molar-refractivity contribution is -0.120. The number of hydrogen-bond donors (Lipinski definition) is 3. The fourth-order valence-electron chi connectivity index (χ4n) is 0.681. The zero-order chi connectivity index (χ0) is 9.40. The van der Waals surface area contributed by atoms with Crippen molar-refractivity contribution in [2.24, 2.45) is 5.84 Å². The molecule has 0 spiro atoms. The van der Waals surface area contributed by atoms with E-state index in [1.807, 2.05) is 7.05 Å². The van der Waals surface area contributed by atoms with E-state index in [9.17, 15) is 4.79 Å². The monoisotopic (exact) mass is 174 g/mol. The second kappa shape index (κ2) is 7.02. The van der Waals surface area contributed by atoms with Crippen LogP contribution in [0.4, 0.5) is 0 Å². The summed E-state index contributed by atoms with van der Waals surface area (Å²) in [5, 5.41) is 2.97. The summed E-state index contributed by atoms with van der Waals surface area (Å²) in [6, 6.07) is 0. The number of rotatable bonds is 6. The molecule has 5 heteroatoms. The van der Waals surface area contributed by atoms with Crippen LogP contribution in [0.15, 0.2) is 0 Å². The number of nitrogens with zero attached hydrogens (tertiary/aromatic N) is 1. The fourth-order valence-corrected chi connectivity index (χ4v) is 0.681. The van der Waals surface area contributed by atoms with Gasteiger partial charge in [0.2, 0.25) is 5.91 Å². The summed E-state index contributed by atoms with van der Waals surface area (Å²) < 4.78 is 0. The van der Waals surface area contributed by atoms with Crippen molar-refractivity contribution >= 4 is 5.91 Å². The van der Waals surface area contributed by atoms with Crippen molar-refractivity contribution in [2.75, 3.05) is 33.2 Å². The second-order valence-electron chi connectivity index (χ2n) is 2.64. The summed E-state index contributed by atoms with van der Waals surface area (Å²) in [6.07, 6.45) is 0. The van der Waals surface area contributed by atoms with Gasteiger partial charge in [0.05, 0.1) is 6.54 Å². The highest BCUT2D eigenvalue weighted by molar-refractivity contribution is 5.77. The topological polar surface area (TPSA) is 70.4 Å². The third-order valence-electron chi connectivity index (χ3n) is 1.66. The largest absolute Gasteiger partial charge is 0.307 e. The number of amides is 1. The minimum absolute atomic E-state index is 0.186. The molecule has 5 nitrogen and oxygen atoms in total. The molecule has 0 fully saturated rings. The molecule has 0 aliphatic carbocycles. The normalized spacial score (nSPS) is 10.3. The summed E-state index contributed by atoms with van der Waals surface area (Å²) >= 11 is 0. The molecule has 0 unspecified atom stereocenters. The summed E-state index contributed by atoms with van der Waals surface area (Å²) in [4.78, 5) is 12.8. The molecule has 0 radical (unpaired) electrons. The van der Waals surface area contributed by atoms with Crippen LogP contribution in [0.1, 0.15) is 6.92 Å². The van der Waals surface area contributed by atoms with E-state index >= 15 is 0 Å². The Hall–Kier alpha value is -0.650. The van der Waals surface area contributed by atoms with Crippen LogP contribution in [0.5, 0.6) is 0 Å². The molecule has 0 aromatic rings. The Morgan fingerprint density at radius 2 is 2.25 bits per heavy atom. The molecule has 0 heterocycles. The minimum Gasteiger partial charge on any atom is -0.307 e. The van der Waals surface area contributed by atoms with Crippen molar-refractivity contribution in [3.63, 3.8) is 0 Å². The molecular weight excluding hydrogens is 156 g/mol. The van der Waals surface area contributed by atoms with E-state index in [1.165, 1.54) is 0 Å². The number of carbonyl (C=O) groups is 1. The van der Waals surface area contributed by atoms with Gasteiger partial charge in [-0.3, -0.25) is 10.2 Å². The zero-order valence-corrected chi connectivity index (χ0v) is 7.76. The third-order valence-corrected chi connectivity index (χ3v) is 1.66. The van der Waals surface area contributed by atoms with Gasteiger partial charge in [0.25, 0.3) is 0 Å². The first-order chi connectivity index (χ1) is 5.70. The molecule has 0 aromatic carbocycles. The van der Waals surface area contributed by atoms with E-state index in [0.717, 1.165) is 19.6 Å². The highest BCUT2D eigenvalue weighted by atomic mass is 16.2. The third kappa shape index (κ3) is 6.09. The molecule has 0 saturated heterocycles. The lowest BCUT2D eigenvalue weighted by Crippen LogP contribution is -2.40. The highest BCUT2D eigenvalue weighted by Crippen LogP contribution is 1.76. The van der Waals surface area contributed by atoms with Crippen molar-refractivity contribution in [3.05, 3.63) is 0 Å². The van der Waals surface area contributed by atoms with E-state index in [-0.39, 0.29) is 12.5 Å². The van der Waals surface area contributed by atoms with E-state index in [4.69, 9.17) is 5.84 Å². The zero-order valence-electron chi connectivity index (χ0n) is 7.76. The Bertz CT molecular complexity index is 129. The lowest BCUT2D eigenvalue weighted by Gasteiger charge is -2.13. The Labute approximate surface area is 73.3 Å². The Morgan fingerprint density at radius 3 is 2.75 bits per heavy atom. The van der Waals surface area contributed by atoms with Crippen LogP contribution in [0.2, 0.25) is 0 Å². The van der Waals surface area contributed by atoms with Crippen LogP contribution in [0.3, 0.4) is 0 Å². The lowest BCUT2D eigenvalue weighted by atomic mass is 10.5. The van der Waals surface area contributed by atoms with Gasteiger partial charge in [0.15, 0.2) is 0 Å². The van der Waals surface area contributed by atoms with Crippen molar-refractivity contribution in [2.45, 2.75) is 6.92 Å². The molecule has 4 N–H and O–H groups in total. The standard InChI is InChI=1S/C7H18N4O/c1-3-11(2)5-4-9-6-7(12)10-8/h9H,3-6,8H2,1-2H3,(H,10,12). The summed E-state index contributed by atoms with van der Waals surface area (Å²) in [5.41, 5.74) is 2.05. The number of likely N-dealkylation sites (N-methyl/N-ethyl adjacent to an activating group) is 1. The molecule has 0 saturated carbocycles. The molecule has 0 aromatic heterocycles. The fraction of sp³-hybridized carbons (Fsp3) is 0.857. The van der Waals surface area contributed by atoms with Crippen molar-refractivity contribution in [1.29, 1.82) is 0 Å². The smallest absolute Gasteiger partial charge is 0.247 e. The molecular formula is C7H18N4O. The summed E-state index contributed by atoms with van der Waals surface area (Å²) in [5.74, 6) is 4.70. The predicted molar refractivity (Wildman–Crippen MR) is 48.4 cm³/mol. The predicted octanol–water partition coefficient (Wildman–Crippen LogP) is -1.48. The first-order valence-electron chi connectivity index (χ1n) is 4.09. The number of hydrazine groups is 1. The van der Waals surface area contributed by atoms with Gasteiger partial charge in [-0.1, -0.05) is 6.92 Å². The molecule has 12 heavy (non-hydrogen) atoms. The molecule has 72 valence electrons. The maximum Gasteiger partial charge on any atom is 0.247 e. The van der Waals surface area contributed by atoms with Gasteiger partial charge in [0.1, 0.15) is 0 Å². The Balaban J connectivity index is 3.15. The molecule has 0 atom stereocenters. The van der Waals surface area contributed by atoms with E-state index in [2.05, 4.69) is 22.6 Å². The first kappa shape index (κ1) is 11.4. The average Bonchev–Trinajstić information content (AvgIpc) is 2.11. The Morgan fingerprint density at radius 1 is 1.58 bits per heavy atom. The number of hydrogen-bond acceptors (Lipinski definition) is 4. The minimum atomic E-state index is -0.186. The molecule has 1 amide bonds. The van der Waals surface area contributed by atoms with Gasteiger partial charge < -0.3 is 10.2 Å². The number of nitrogens with one attached hydrogen (secondary N) is 2. The van der Waals surface area contributed by atoms with Crippen molar-refractivity contribution in [1.82, 2.24) is 15.6 Å². The quantitative estimate of drug-likeness (QED) is 0.199. The highest BCUT2D eigenvalue weighted by Gasteiger charge is 1.97. The van der Waals surface area contributed by atoms with Crippen LogP contribution < -0.4 is 16.6 Å². The first-order valence-corrected chi connectivity index (χ1v) is 4.09. The van der Waals surface area contributed by atoms with Crippen LogP contribution in [0.25, 0.3) is 0 Å². The van der Waals surface area contributed by atoms with Gasteiger partial charge in [-0.25, -0.2) is 5.84 Å². The SMILES string of the molecule is CCN(C)CCNCC(=O)NN. The van der Waals surface area contributed by atoms with Crippen LogP contribution in [-0.2, 0) is 4.79 Å². The summed E-state index contributed by atoms with van der Waals surface area (Å²) in [7, 11) is 2.03. The van der Waals surface area contributed by atoms with E-state index in [0.29, 0.717) is 0 Å². The maximum atomic E-state index is 10.6. The number of carbonyl (C=O) groups excluding carboxylic acids is 1. The van der Waals surface area contributed by atoms with Gasteiger partial charge in [-0.05, 0) is 13.6 Å². The average molecular weight is 174 g/mol.